The fraction of sp³-hybridized carbons (Fsp3) is 0.471. The molecule has 228 valence electrons. The van der Waals surface area contributed by atoms with Gasteiger partial charge in [-0.3, -0.25) is 9.59 Å². The van der Waals surface area contributed by atoms with Crippen LogP contribution in [0.1, 0.15) is 12.8 Å². The molecule has 0 saturated heterocycles. The third-order valence-corrected chi connectivity index (χ3v) is 3.96. The number of fused-ring (bicyclic) bond motifs is 1. The summed E-state index contributed by atoms with van der Waals surface area (Å²) in [5.41, 5.74) is 4.04. The van der Waals surface area contributed by atoms with E-state index in [0.717, 1.165) is 0 Å². The number of phosphoric acid groups is 1. The van der Waals surface area contributed by atoms with Crippen molar-refractivity contribution in [3.05, 3.63) is 12.7 Å². The Labute approximate surface area is 221 Å². The summed E-state index contributed by atoms with van der Waals surface area (Å²) in [6.45, 7) is -0.760. The van der Waals surface area contributed by atoms with E-state index in [1.165, 1.54) is 12.7 Å². The molecule has 0 unspecified atom stereocenters. The third-order valence-electron chi connectivity index (χ3n) is 3.96. The molecule has 0 aliphatic heterocycles. The molecule has 0 aromatic carbocycles. The molecule has 0 amide bonds. The number of aliphatic hydroxyl groups excluding tert-OH is 5. The number of carbonyl (C=O) groups excluding carboxylic acids is 1. The number of carboxylic acid groups (broad SMARTS) is 3. The molecule has 0 bridgehead atoms. The summed E-state index contributed by atoms with van der Waals surface area (Å²) in [5, 5.41) is 77.3. The van der Waals surface area contributed by atoms with E-state index in [1.807, 2.05) is 0 Å². The van der Waals surface area contributed by atoms with Crippen molar-refractivity contribution >= 4 is 49.0 Å². The second-order valence-corrected chi connectivity index (χ2v) is 8.24. The largest absolute Gasteiger partial charge is 0.481 e. The van der Waals surface area contributed by atoms with Crippen molar-refractivity contribution in [1.29, 1.82) is 0 Å². The van der Waals surface area contributed by atoms with Crippen molar-refractivity contribution in [2.75, 3.05) is 12.3 Å². The SMILES string of the molecule is Nc1ncnc2nc[nH]c12.O=C(O)CC(O)(CC(=O)O)C(=O)O.O=C[C@H](O)[C@@H](O)[C@H](O)[C@H](O)CO.O=P(O)(O)O. The van der Waals surface area contributed by atoms with E-state index in [1.54, 1.807) is 0 Å². The molecular formula is C17H28N5O17P. The number of nitrogens with one attached hydrogen (secondary N) is 1. The first-order valence-electron chi connectivity index (χ1n) is 10.1. The average molecular weight is 605 g/mol. The van der Waals surface area contributed by atoms with E-state index < -0.39 is 75.2 Å². The Morgan fingerprint density at radius 3 is 1.80 bits per heavy atom. The predicted molar refractivity (Wildman–Crippen MR) is 125 cm³/mol. The highest BCUT2D eigenvalue weighted by atomic mass is 31.2. The molecule has 2 aromatic rings. The van der Waals surface area contributed by atoms with Crippen LogP contribution in [-0.2, 0) is 23.7 Å². The van der Waals surface area contributed by atoms with Crippen molar-refractivity contribution in [3.63, 3.8) is 0 Å². The van der Waals surface area contributed by atoms with E-state index in [0.29, 0.717) is 17.0 Å². The fourth-order valence-electron chi connectivity index (χ4n) is 2.12. The van der Waals surface area contributed by atoms with Crippen molar-refractivity contribution in [2.24, 2.45) is 0 Å². The Bertz CT molecular complexity index is 1120. The van der Waals surface area contributed by atoms with Gasteiger partial charge in [0.25, 0.3) is 0 Å². The molecule has 2 rings (SSSR count). The van der Waals surface area contributed by atoms with E-state index in [9.17, 15) is 19.2 Å². The van der Waals surface area contributed by atoms with Gasteiger partial charge in [-0.05, 0) is 0 Å². The monoisotopic (exact) mass is 605 g/mol. The zero-order chi connectivity index (χ0) is 31.8. The number of nitrogens with two attached hydrogens (primary N) is 1. The van der Waals surface area contributed by atoms with Crippen molar-refractivity contribution in [2.45, 2.75) is 42.9 Å². The average Bonchev–Trinajstić information content (AvgIpc) is 3.31. The lowest BCUT2D eigenvalue weighted by Crippen LogP contribution is -2.46. The molecule has 0 spiro atoms. The van der Waals surface area contributed by atoms with Gasteiger partial charge < -0.3 is 76.2 Å². The van der Waals surface area contributed by atoms with Crippen LogP contribution in [0, 0.1) is 0 Å². The fourth-order valence-corrected chi connectivity index (χ4v) is 2.12. The van der Waals surface area contributed by atoms with E-state index in [-0.39, 0.29) is 6.29 Å². The molecule has 23 heteroatoms. The van der Waals surface area contributed by atoms with Gasteiger partial charge in [0.15, 0.2) is 23.4 Å². The lowest BCUT2D eigenvalue weighted by Gasteiger charge is -2.22. The Balaban J connectivity index is 0. The number of aldehydes is 1. The predicted octanol–water partition coefficient (Wildman–Crippen LogP) is -5.62. The van der Waals surface area contributed by atoms with Gasteiger partial charge in [-0.2, -0.15) is 0 Å². The number of carboxylic acids is 3. The molecule has 0 aliphatic rings. The minimum absolute atomic E-state index is 0.0258. The molecule has 15 N–H and O–H groups in total. The summed E-state index contributed by atoms with van der Waals surface area (Å²) in [5.74, 6) is -4.59. The number of H-pyrrole nitrogens is 1. The number of anilines is 1. The first-order valence-corrected chi connectivity index (χ1v) is 11.6. The second-order valence-electron chi connectivity index (χ2n) is 7.21. The van der Waals surface area contributed by atoms with Crippen LogP contribution in [-0.4, -0.2) is 141 Å². The number of nitrogen functional groups attached to an aromatic ring is 1. The van der Waals surface area contributed by atoms with Crippen LogP contribution in [0.4, 0.5) is 5.82 Å². The van der Waals surface area contributed by atoms with Crippen molar-refractivity contribution in [1.82, 2.24) is 19.9 Å². The Hall–Kier alpha value is -3.70. The first kappa shape index (κ1) is 38.4. The van der Waals surface area contributed by atoms with Crippen LogP contribution >= 0.6 is 7.82 Å². The highest BCUT2D eigenvalue weighted by molar-refractivity contribution is 7.45. The number of hydrogen-bond donors (Lipinski definition) is 14. The molecule has 4 atom stereocenters. The second kappa shape index (κ2) is 17.8. The molecule has 2 heterocycles. The van der Waals surface area contributed by atoms with Gasteiger partial charge in [0, 0.05) is 0 Å². The van der Waals surface area contributed by atoms with Gasteiger partial charge >= 0.3 is 25.7 Å². The molecule has 0 saturated carbocycles. The summed E-state index contributed by atoms with van der Waals surface area (Å²) < 4.78 is 8.88. The number of hydrogen-bond acceptors (Lipinski definition) is 15. The van der Waals surface area contributed by atoms with Crippen molar-refractivity contribution in [3.8, 4) is 0 Å². The zero-order valence-corrected chi connectivity index (χ0v) is 20.8. The highest BCUT2D eigenvalue weighted by Gasteiger charge is 2.40. The zero-order valence-electron chi connectivity index (χ0n) is 19.9. The van der Waals surface area contributed by atoms with Crippen molar-refractivity contribution < 1.29 is 84.4 Å². The van der Waals surface area contributed by atoms with Crippen LogP contribution in [0.2, 0.25) is 0 Å². The number of aliphatic carboxylic acids is 3. The number of aliphatic hydroxyl groups is 6. The van der Waals surface area contributed by atoms with Crippen LogP contribution in [0.5, 0.6) is 0 Å². The minimum Gasteiger partial charge on any atom is -0.481 e. The maximum absolute atomic E-state index is 10.3. The van der Waals surface area contributed by atoms with Gasteiger partial charge in [-0.15, -0.1) is 0 Å². The number of imidazole rings is 1. The number of aromatic nitrogens is 4. The highest BCUT2D eigenvalue weighted by Crippen LogP contribution is 2.25. The summed E-state index contributed by atoms with van der Waals surface area (Å²) in [4.78, 5) is 76.3. The summed E-state index contributed by atoms with van der Waals surface area (Å²) >= 11 is 0. The van der Waals surface area contributed by atoms with Crippen LogP contribution in [0.25, 0.3) is 11.2 Å². The van der Waals surface area contributed by atoms with Crippen LogP contribution in [0.15, 0.2) is 12.7 Å². The number of carbonyl (C=O) groups is 4. The standard InChI is InChI=1S/C6H8O7.C6H12O6.C5H5N5.H3O4P/c7-3(8)1-6(13,5(11)12)2-4(9)10;7-1-3(9)5(11)6(12)4(10)2-8;6-4-3-5(9-1-7-3)10-2-8-4;1-5(2,3)4/h13H,1-2H2,(H,7,8)(H,9,10)(H,11,12);1,3-6,8-12H,2H2;1-2H,(H3,6,7,8,9,10);(H3,1,2,3,4)/t;3-,4+,5+,6+;;/m.0../s1. The Morgan fingerprint density at radius 2 is 1.45 bits per heavy atom. The number of rotatable bonds is 10. The normalized spacial score (nSPS) is 13.9. The summed E-state index contributed by atoms with van der Waals surface area (Å²) in [6, 6.07) is 0. The van der Waals surface area contributed by atoms with E-state index in [2.05, 4.69) is 19.9 Å². The molecule has 22 nitrogen and oxygen atoms in total. The third kappa shape index (κ3) is 16.3. The van der Waals surface area contributed by atoms with Gasteiger partial charge in [-0.25, -0.2) is 24.3 Å². The van der Waals surface area contributed by atoms with Crippen LogP contribution in [0.3, 0.4) is 0 Å². The van der Waals surface area contributed by atoms with Gasteiger partial charge in [0.2, 0.25) is 0 Å². The molecule has 2 aromatic heterocycles. The van der Waals surface area contributed by atoms with Crippen LogP contribution < -0.4 is 5.73 Å². The quantitative estimate of drug-likeness (QED) is 0.0885. The molecule has 0 aliphatic carbocycles. The lowest BCUT2D eigenvalue weighted by atomic mass is 9.96. The number of aromatic amines is 1. The van der Waals surface area contributed by atoms with Gasteiger partial charge in [0.1, 0.15) is 36.3 Å². The molecule has 0 fully saturated rings. The van der Waals surface area contributed by atoms with Gasteiger partial charge in [0.05, 0.1) is 25.8 Å². The minimum atomic E-state index is -4.64. The molecule has 0 radical (unpaired) electrons. The van der Waals surface area contributed by atoms with E-state index in [4.69, 9.17) is 70.9 Å². The lowest BCUT2D eigenvalue weighted by molar-refractivity contribution is -0.170. The Kier molecular flexibility index (Phi) is 17.1. The molecular weight excluding hydrogens is 577 g/mol. The van der Waals surface area contributed by atoms with Gasteiger partial charge in [-0.1, -0.05) is 0 Å². The van der Waals surface area contributed by atoms with E-state index >= 15 is 0 Å². The maximum Gasteiger partial charge on any atom is 0.466 e. The summed E-state index contributed by atoms with van der Waals surface area (Å²) in [6.07, 6.45) is -6.20. The topological polar surface area (TPSA) is 409 Å². The smallest absolute Gasteiger partial charge is 0.466 e. The molecule has 40 heavy (non-hydrogen) atoms. The first-order chi connectivity index (χ1) is 18.2. The number of nitrogens with zero attached hydrogens (tertiary/aromatic N) is 3. The maximum atomic E-state index is 10.3. The Morgan fingerprint density at radius 1 is 0.975 bits per heavy atom. The summed E-state index contributed by atoms with van der Waals surface area (Å²) in [7, 11) is -4.64.